The number of nitrogens with zero attached hydrogens (tertiary/aromatic N) is 2. The first-order chi connectivity index (χ1) is 13.6. The molecule has 1 unspecified atom stereocenters. The number of rotatable bonds is 4. The first kappa shape index (κ1) is 18.7. The molecule has 6 heteroatoms. The smallest absolute Gasteiger partial charge is 0.319 e. The van der Waals surface area contributed by atoms with E-state index in [2.05, 4.69) is 20.5 Å². The van der Waals surface area contributed by atoms with Crippen LogP contribution in [-0.4, -0.2) is 35.0 Å². The van der Waals surface area contributed by atoms with Gasteiger partial charge < -0.3 is 10.6 Å². The zero-order chi connectivity index (χ0) is 19.5. The van der Waals surface area contributed by atoms with Gasteiger partial charge in [-0.3, -0.25) is 9.88 Å². The number of hydrogen-bond donors (Lipinski definition) is 2. The second-order valence-electron chi connectivity index (χ2n) is 7.30. The van der Waals surface area contributed by atoms with Crippen molar-refractivity contribution in [3.05, 3.63) is 71.0 Å². The number of anilines is 1. The Hall–Kier alpha value is -2.63. The number of aryl methyl sites for hydroxylation is 1. The standard InChI is InChI=1S/C22H23ClN4O/c1-15-11-20-17(12-24-15)3-2-4-21(20)26-22(28)25-19-9-10-27(14-19)13-16-5-7-18(23)8-6-16/h2-8,11-12,19H,9-10,13-14H2,1H3,(H2,25,26,28). The average molecular weight is 395 g/mol. The van der Waals surface area contributed by atoms with Gasteiger partial charge in [-0.2, -0.15) is 0 Å². The molecule has 2 heterocycles. The van der Waals surface area contributed by atoms with Crippen LogP contribution >= 0.6 is 11.6 Å². The normalized spacial score (nSPS) is 17.0. The molecule has 0 radical (unpaired) electrons. The number of fused-ring (bicyclic) bond motifs is 1. The number of amides is 2. The van der Waals surface area contributed by atoms with Crippen molar-refractivity contribution < 1.29 is 4.79 Å². The van der Waals surface area contributed by atoms with Crippen LogP contribution in [0, 0.1) is 6.92 Å². The van der Waals surface area contributed by atoms with Crippen molar-refractivity contribution in [2.24, 2.45) is 0 Å². The van der Waals surface area contributed by atoms with E-state index in [0.29, 0.717) is 0 Å². The topological polar surface area (TPSA) is 57.3 Å². The summed E-state index contributed by atoms with van der Waals surface area (Å²) < 4.78 is 0. The molecule has 1 aromatic heterocycles. The molecule has 2 aromatic carbocycles. The predicted molar refractivity (Wildman–Crippen MR) is 114 cm³/mol. The summed E-state index contributed by atoms with van der Waals surface area (Å²) >= 11 is 5.95. The quantitative estimate of drug-likeness (QED) is 0.680. The lowest BCUT2D eigenvalue weighted by atomic mass is 10.1. The van der Waals surface area contributed by atoms with Crippen LogP contribution in [0.25, 0.3) is 10.8 Å². The van der Waals surface area contributed by atoms with Crippen LogP contribution < -0.4 is 10.6 Å². The fourth-order valence-corrected chi connectivity index (χ4v) is 3.80. The average Bonchev–Trinajstić information content (AvgIpc) is 3.11. The van der Waals surface area contributed by atoms with Gasteiger partial charge in [-0.05, 0) is 43.2 Å². The third-order valence-electron chi connectivity index (χ3n) is 5.08. The van der Waals surface area contributed by atoms with E-state index in [0.717, 1.165) is 53.2 Å². The summed E-state index contributed by atoms with van der Waals surface area (Å²) in [6.45, 7) is 4.62. The maximum atomic E-state index is 12.5. The predicted octanol–water partition coefficient (Wildman–Crippen LogP) is 4.59. The van der Waals surface area contributed by atoms with E-state index in [1.54, 1.807) is 0 Å². The van der Waals surface area contributed by atoms with Crippen LogP contribution in [0.5, 0.6) is 0 Å². The number of aromatic nitrogens is 1. The van der Waals surface area contributed by atoms with Gasteiger partial charge in [-0.15, -0.1) is 0 Å². The van der Waals surface area contributed by atoms with E-state index in [-0.39, 0.29) is 12.1 Å². The van der Waals surface area contributed by atoms with Gasteiger partial charge in [0, 0.05) is 53.4 Å². The highest BCUT2D eigenvalue weighted by atomic mass is 35.5. The van der Waals surface area contributed by atoms with Gasteiger partial charge in [-0.25, -0.2) is 4.79 Å². The van der Waals surface area contributed by atoms with Crippen molar-refractivity contribution >= 4 is 34.1 Å². The Morgan fingerprint density at radius 1 is 1.25 bits per heavy atom. The summed E-state index contributed by atoms with van der Waals surface area (Å²) in [7, 11) is 0. The molecule has 0 bridgehead atoms. The number of likely N-dealkylation sites (tertiary alicyclic amines) is 1. The molecule has 1 aliphatic heterocycles. The zero-order valence-electron chi connectivity index (χ0n) is 15.8. The lowest BCUT2D eigenvalue weighted by molar-refractivity contribution is 0.247. The second kappa shape index (κ2) is 8.17. The molecule has 1 saturated heterocycles. The molecule has 0 spiro atoms. The second-order valence-corrected chi connectivity index (χ2v) is 7.73. The van der Waals surface area contributed by atoms with Gasteiger partial charge in [0.25, 0.3) is 0 Å². The fourth-order valence-electron chi connectivity index (χ4n) is 3.67. The van der Waals surface area contributed by atoms with Crippen LogP contribution in [0.15, 0.2) is 54.7 Å². The van der Waals surface area contributed by atoms with Crippen molar-refractivity contribution in [1.82, 2.24) is 15.2 Å². The van der Waals surface area contributed by atoms with Gasteiger partial charge in [0.1, 0.15) is 0 Å². The molecule has 0 aliphatic carbocycles. The Bertz CT molecular complexity index is 989. The first-order valence-corrected chi connectivity index (χ1v) is 9.84. The molecule has 2 N–H and O–H groups in total. The highest BCUT2D eigenvalue weighted by Gasteiger charge is 2.24. The molecule has 3 aromatic rings. The maximum absolute atomic E-state index is 12.5. The van der Waals surface area contributed by atoms with Gasteiger partial charge in [0.2, 0.25) is 0 Å². The monoisotopic (exact) mass is 394 g/mol. The van der Waals surface area contributed by atoms with Crippen LogP contribution in [0.4, 0.5) is 10.5 Å². The number of hydrogen-bond acceptors (Lipinski definition) is 3. The molecular weight excluding hydrogens is 372 g/mol. The molecule has 1 atom stereocenters. The van der Waals surface area contributed by atoms with Crippen LogP contribution in [0.2, 0.25) is 5.02 Å². The summed E-state index contributed by atoms with van der Waals surface area (Å²) in [4.78, 5) is 19.2. The number of pyridine rings is 1. The fraction of sp³-hybridized carbons (Fsp3) is 0.273. The van der Waals surface area contributed by atoms with Gasteiger partial charge >= 0.3 is 6.03 Å². The number of halogens is 1. The number of benzene rings is 2. The Morgan fingerprint density at radius 2 is 2.07 bits per heavy atom. The van der Waals surface area contributed by atoms with E-state index >= 15 is 0 Å². The highest BCUT2D eigenvalue weighted by Crippen LogP contribution is 2.23. The van der Waals surface area contributed by atoms with Crippen LogP contribution in [0.3, 0.4) is 0 Å². The molecule has 2 amide bonds. The van der Waals surface area contributed by atoms with E-state index in [1.165, 1.54) is 5.56 Å². The van der Waals surface area contributed by atoms with E-state index < -0.39 is 0 Å². The zero-order valence-corrected chi connectivity index (χ0v) is 16.5. The maximum Gasteiger partial charge on any atom is 0.319 e. The molecule has 144 valence electrons. The van der Waals surface area contributed by atoms with Gasteiger partial charge in [0.05, 0.1) is 5.69 Å². The summed E-state index contributed by atoms with van der Waals surface area (Å²) in [6.07, 6.45) is 2.78. The van der Waals surface area contributed by atoms with E-state index in [4.69, 9.17) is 11.6 Å². The van der Waals surface area contributed by atoms with Gasteiger partial charge in [0.15, 0.2) is 0 Å². The summed E-state index contributed by atoms with van der Waals surface area (Å²) in [5, 5.41) is 8.87. The molecule has 28 heavy (non-hydrogen) atoms. The molecule has 5 nitrogen and oxygen atoms in total. The van der Waals surface area contributed by atoms with Crippen molar-refractivity contribution in [2.45, 2.75) is 25.9 Å². The number of urea groups is 1. The lowest BCUT2D eigenvalue weighted by Gasteiger charge is -2.17. The Morgan fingerprint density at radius 3 is 2.89 bits per heavy atom. The van der Waals surface area contributed by atoms with E-state index in [9.17, 15) is 4.79 Å². The minimum atomic E-state index is -0.166. The van der Waals surface area contributed by atoms with Crippen molar-refractivity contribution in [3.63, 3.8) is 0 Å². The Kier molecular flexibility index (Phi) is 5.46. The van der Waals surface area contributed by atoms with Crippen LogP contribution in [0.1, 0.15) is 17.7 Å². The summed E-state index contributed by atoms with van der Waals surface area (Å²) in [6, 6.07) is 15.7. The SMILES string of the molecule is Cc1cc2c(NC(=O)NC3CCN(Cc4ccc(Cl)cc4)C3)cccc2cn1. The summed E-state index contributed by atoms with van der Waals surface area (Å²) in [5.74, 6) is 0. The first-order valence-electron chi connectivity index (χ1n) is 9.46. The molecule has 1 aliphatic rings. The van der Waals surface area contributed by atoms with E-state index in [1.807, 2.05) is 61.7 Å². The molecular formula is C22H23ClN4O. The van der Waals surface area contributed by atoms with Gasteiger partial charge in [-0.1, -0.05) is 35.9 Å². The van der Waals surface area contributed by atoms with Crippen LogP contribution in [-0.2, 0) is 6.54 Å². The third kappa shape index (κ3) is 4.43. The molecule has 4 rings (SSSR count). The highest BCUT2D eigenvalue weighted by molar-refractivity contribution is 6.30. The minimum absolute atomic E-state index is 0.144. The third-order valence-corrected chi connectivity index (χ3v) is 5.33. The minimum Gasteiger partial charge on any atom is -0.334 e. The lowest BCUT2D eigenvalue weighted by Crippen LogP contribution is -2.39. The van der Waals surface area contributed by atoms with Crippen molar-refractivity contribution in [1.29, 1.82) is 0 Å². The largest absolute Gasteiger partial charge is 0.334 e. The summed E-state index contributed by atoms with van der Waals surface area (Å²) in [5.41, 5.74) is 2.96. The Balaban J connectivity index is 1.35. The molecule has 1 fully saturated rings. The number of carbonyl (C=O) groups is 1. The Labute approximate surface area is 169 Å². The van der Waals surface area contributed by atoms with Crippen molar-refractivity contribution in [2.75, 3.05) is 18.4 Å². The van der Waals surface area contributed by atoms with Crippen molar-refractivity contribution in [3.8, 4) is 0 Å². The number of carbonyl (C=O) groups excluding carboxylic acids is 1. The number of nitrogens with one attached hydrogen (secondary N) is 2. The molecule has 0 saturated carbocycles.